The molecule has 0 aliphatic carbocycles. The van der Waals surface area contributed by atoms with Gasteiger partial charge in [-0.1, -0.05) is 6.07 Å². The Bertz CT molecular complexity index is 408. The largest absolute Gasteiger partial charge is 0.449 e. The van der Waals surface area contributed by atoms with Gasteiger partial charge in [0.1, 0.15) is 0 Å². The zero-order chi connectivity index (χ0) is 12.7. The molecule has 1 rings (SSSR count). The molecular weight excluding hydrogens is 226 g/mol. The maximum Gasteiger partial charge on any atom is 0.411 e. The average molecular weight is 239 g/mol. The summed E-state index contributed by atoms with van der Waals surface area (Å²) in [4.78, 5) is 21.2. The van der Waals surface area contributed by atoms with Gasteiger partial charge in [-0.15, -0.1) is 0 Å². The van der Waals surface area contributed by atoms with E-state index in [0.717, 1.165) is 0 Å². The number of carbonyl (C=O) groups excluding carboxylic acids is 1. The van der Waals surface area contributed by atoms with E-state index in [9.17, 15) is 14.9 Å². The van der Waals surface area contributed by atoms with Gasteiger partial charge in [0.2, 0.25) is 0 Å². The molecule has 1 aromatic rings. The predicted molar refractivity (Wildman–Crippen MR) is 61.7 cm³/mol. The molecule has 7 heteroatoms. The van der Waals surface area contributed by atoms with Gasteiger partial charge in [-0.3, -0.25) is 15.4 Å². The zero-order valence-electron chi connectivity index (χ0n) is 9.09. The molecule has 17 heavy (non-hydrogen) atoms. The van der Waals surface area contributed by atoms with Crippen LogP contribution in [0.15, 0.2) is 24.3 Å². The summed E-state index contributed by atoms with van der Waals surface area (Å²) in [6.45, 7) is 0.654. The van der Waals surface area contributed by atoms with Gasteiger partial charge in [0.15, 0.2) is 0 Å². The molecule has 0 aromatic heterocycles. The van der Waals surface area contributed by atoms with Crippen LogP contribution in [0.5, 0.6) is 0 Å². The van der Waals surface area contributed by atoms with Crippen LogP contribution >= 0.6 is 0 Å². The monoisotopic (exact) mass is 239 g/mol. The van der Waals surface area contributed by atoms with E-state index < -0.39 is 11.0 Å². The van der Waals surface area contributed by atoms with Crippen molar-refractivity contribution in [2.24, 2.45) is 5.73 Å². The number of nitro groups is 1. The molecule has 0 heterocycles. The van der Waals surface area contributed by atoms with Crippen LogP contribution < -0.4 is 11.1 Å². The minimum Gasteiger partial charge on any atom is -0.449 e. The second-order valence-electron chi connectivity index (χ2n) is 3.21. The second kappa shape index (κ2) is 6.44. The Balaban J connectivity index is 2.53. The third-order valence-corrected chi connectivity index (χ3v) is 1.88. The van der Waals surface area contributed by atoms with Crippen LogP contribution in [0.4, 0.5) is 16.2 Å². The summed E-state index contributed by atoms with van der Waals surface area (Å²) in [6, 6.07) is 5.61. The van der Waals surface area contributed by atoms with Crippen LogP contribution in [0.2, 0.25) is 0 Å². The number of benzene rings is 1. The number of non-ortho nitro benzene ring substituents is 1. The van der Waals surface area contributed by atoms with Gasteiger partial charge in [-0.2, -0.15) is 0 Å². The van der Waals surface area contributed by atoms with Crippen molar-refractivity contribution in [1.29, 1.82) is 0 Å². The van der Waals surface area contributed by atoms with E-state index in [-0.39, 0.29) is 12.3 Å². The molecule has 0 fully saturated rings. The van der Waals surface area contributed by atoms with E-state index in [1.54, 1.807) is 0 Å². The molecule has 0 bridgehead atoms. The first-order valence-corrected chi connectivity index (χ1v) is 5.02. The normalized spacial score (nSPS) is 9.71. The highest BCUT2D eigenvalue weighted by atomic mass is 16.6. The summed E-state index contributed by atoms with van der Waals surface area (Å²) in [7, 11) is 0. The van der Waals surface area contributed by atoms with Crippen LogP contribution in [-0.4, -0.2) is 24.2 Å². The Kier molecular flexibility index (Phi) is 4.89. The summed E-state index contributed by atoms with van der Waals surface area (Å²) < 4.78 is 4.79. The third-order valence-electron chi connectivity index (χ3n) is 1.88. The molecule has 0 aliphatic rings. The minimum atomic E-state index is -0.654. The summed E-state index contributed by atoms with van der Waals surface area (Å²) in [5, 5.41) is 12.9. The highest BCUT2D eigenvalue weighted by molar-refractivity contribution is 5.85. The van der Waals surface area contributed by atoms with Gasteiger partial charge in [0, 0.05) is 12.1 Å². The van der Waals surface area contributed by atoms with Crippen molar-refractivity contribution in [3.8, 4) is 0 Å². The summed E-state index contributed by atoms with van der Waals surface area (Å²) in [5.41, 5.74) is 5.46. The van der Waals surface area contributed by atoms with E-state index in [4.69, 9.17) is 10.5 Å². The molecule has 1 amide bonds. The lowest BCUT2D eigenvalue weighted by atomic mass is 10.3. The first kappa shape index (κ1) is 12.9. The van der Waals surface area contributed by atoms with E-state index in [1.165, 1.54) is 24.3 Å². The smallest absolute Gasteiger partial charge is 0.411 e. The number of nitrogens with one attached hydrogen (secondary N) is 1. The number of carbonyl (C=O) groups is 1. The predicted octanol–water partition coefficient (Wildman–Crippen LogP) is 1.49. The number of amides is 1. The fraction of sp³-hybridized carbons (Fsp3) is 0.300. The molecule has 0 saturated carbocycles. The lowest BCUT2D eigenvalue weighted by Crippen LogP contribution is -2.16. The minimum absolute atomic E-state index is 0.0928. The van der Waals surface area contributed by atoms with Crippen molar-refractivity contribution in [2.75, 3.05) is 18.5 Å². The maximum atomic E-state index is 11.2. The number of anilines is 1. The summed E-state index contributed by atoms with van der Waals surface area (Å²) >= 11 is 0. The summed E-state index contributed by atoms with van der Waals surface area (Å²) in [5.74, 6) is 0. The Hall–Kier alpha value is -2.15. The molecule has 0 unspecified atom stereocenters. The van der Waals surface area contributed by atoms with Gasteiger partial charge in [0.05, 0.1) is 17.2 Å². The molecule has 0 radical (unpaired) electrons. The topological polar surface area (TPSA) is 107 Å². The number of rotatable bonds is 5. The zero-order valence-corrected chi connectivity index (χ0v) is 9.09. The lowest BCUT2D eigenvalue weighted by molar-refractivity contribution is -0.384. The molecule has 1 aromatic carbocycles. The standard InChI is InChI=1S/C10H13N3O4/c11-5-2-6-17-10(14)12-8-3-1-4-9(7-8)13(15)16/h1,3-4,7H,2,5-6,11H2,(H,12,14). The van der Waals surface area contributed by atoms with Crippen molar-refractivity contribution >= 4 is 17.5 Å². The van der Waals surface area contributed by atoms with Crippen LogP contribution in [0.3, 0.4) is 0 Å². The molecule has 0 saturated heterocycles. The molecular formula is C10H13N3O4. The Labute approximate surface area is 97.7 Å². The van der Waals surface area contributed by atoms with Crippen LogP contribution in [-0.2, 0) is 4.74 Å². The number of nitro benzene ring substituents is 1. The van der Waals surface area contributed by atoms with Gasteiger partial charge < -0.3 is 10.5 Å². The highest BCUT2D eigenvalue weighted by Crippen LogP contribution is 2.16. The highest BCUT2D eigenvalue weighted by Gasteiger charge is 2.08. The van der Waals surface area contributed by atoms with Gasteiger partial charge in [-0.05, 0) is 19.0 Å². The van der Waals surface area contributed by atoms with E-state index in [2.05, 4.69) is 5.32 Å². The molecule has 0 atom stereocenters. The van der Waals surface area contributed by atoms with Crippen molar-refractivity contribution in [3.05, 3.63) is 34.4 Å². The van der Waals surface area contributed by atoms with Crippen molar-refractivity contribution in [2.45, 2.75) is 6.42 Å². The van der Waals surface area contributed by atoms with Crippen molar-refractivity contribution in [1.82, 2.24) is 0 Å². The van der Waals surface area contributed by atoms with Gasteiger partial charge in [-0.25, -0.2) is 4.79 Å². The van der Waals surface area contributed by atoms with Gasteiger partial charge in [0.25, 0.3) is 5.69 Å². The quantitative estimate of drug-likeness (QED) is 0.459. The molecule has 3 N–H and O–H groups in total. The molecule has 7 nitrogen and oxygen atoms in total. The number of hydrogen-bond acceptors (Lipinski definition) is 5. The molecule has 92 valence electrons. The SMILES string of the molecule is NCCCOC(=O)Nc1cccc([N+](=O)[O-])c1. The number of hydrogen-bond donors (Lipinski definition) is 2. The van der Waals surface area contributed by atoms with E-state index in [1.807, 2.05) is 0 Å². The maximum absolute atomic E-state index is 11.2. The second-order valence-corrected chi connectivity index (χ2v) is 3.21. The van der Waals surface area contributed by atoms with Crippen molar-refractivity contribution < 1.29 is 14.5 Å². The first-order valence-electron chi connectivity index (χ1n) is 5.02. The number of ether oxygens (including phenoxy) is 1. The van der Waals surface area contributed by atoms with Gasteiger partial charge >= 0.3 is 6.09 Å². The average Bonchev–Trinajstić information content (AvgIpc) is 2.29. The molecule has 0 aliphatic heterocycles. The Morgan fingerprint density at radius 2 is 2.29 bits per heavy atom. The number of nitrogens with zero attached hydrogens (tertiary/aromatic N) is 1. The Morgan fingerprint density at radius 3 is 2.94 bits per heavy atom. The van der Waals surface area contributed by atoms with E-state index in [0.29, 0.717) is 18.7 Å². The fourth-order valence-electron chi connectivity index (χ4n) is 1.10. The first-order chi connectivity index (χ1) is 8.13. The van der Waals surface area contributed by atoms with E-state index >= 15 is 0 Å². The van der Waals surface area contributed by atoms with Crippen LogP contribution in [0.1, 0.15) is 6.42 Å². The molecule has 0 spiro atoms. The Morgan fingerprint density at radius 1 is 1.53 bits per heavy atom. The van der Waals surface area contributed by atoms with Crippen LogP contribution in [0, 0.1) is 10.1 Å². The lowest BCUT2D eigenvalue weighted by Gasteiger charge is -2.05. The van der Waals surface area contributed by atoms with Crippen LogP contribution in [0.25, 0.3) is 0 Å². The number of nitrogens with two attached hydrogens (primary N) is 1. The summed E-state index contributed by atoms with van der Waals surface area (Å²) in [6.07, 6.45) is -0.0820. The van der Waals surface area contributed by atoms with Crippen molar-refractivity contribution in [3.63, 3.8) is 0 Å². The third kappa shape index (κ3) is 4.47. The fourth-order valence-corrected chi connectivity index (χ4v) is 1.10.